The van der Waals surface area contributed by atoms with Crippen molar-refractivity contribution < 1.29 is 4.79 Å². The zero-order valence-corrected chi connectivity index (χ0v) is 20.1. The number of fused-ring (bicyclic) bond motifs is 1. The summed E-state index contributed by atoms with van der Waals surface area (Å²) in [6, 6.07) is 12.7. The molecular weight excluding hydrogens is 402 g/mol. The smallest absolute Gasteiger partial charge is 0.264 e. The standard InChI is InChI=1S/C26H31N3OS/c1-7-18-8-10-20(11-9-18)27-25-28-24(30)23(31-25)14-19-13-21-17(3)15-26(4,5)29(6)22(21)12-16(19)2/h8-14,17H,7,15H2,1-6H3,(H,27,28,30)/b23-14-. The summed E-state index contributed by atoms with van der Waals surface area (Å²) in [6.45, 7) is 11.1. The van der Waals surface area contributed by atoms with Crippen LogP contribution in [0.3, 0.4) is 0 Å². The molecule has 1 saturated heterocycles. The van der Waals surface area contributed by atoms with E-state index < -0.39 is 0 Å². The van der Waals surface area contributed by atoms with Crippen molar-refractivity contribution in [3.05, 3.63) is 63.6 Å². The lowest BCUT2D eigenvalue weighted by Gasteiger charge is -2.45. The Balaban J connectivity index is 1.62. The fraction of sp³-hybridized carbons (Fsp3) is 0.385. The Morgan fingerprint density at radius 1 is 1.26 bits per heavy atom. The first-order valence-electron chi connectivity index (χ1n) is 10.9. The average Bonchev–Trinajstić information content (AvgIpc) is 3.06. The number of amides is 1. The van der Waals surface area contributed by atoms with Crippen LogP contribution < -0.4 is 10.2 Å². The quantitative estimate of drug-likeness (QED) is 0.589. The summed E-state index contributed by atoms with van der Waals surface area (Å²) in [5, 5.41) is 3.54. The van der Waals surface area contributed by atoms with Crippen molar-refractivity contribution in [1.82, 2.24) is 5.32 Å². The number of amidine groups is 1. The Kier molecular flexibility index (Phi) is 5.73. The molecule has 4 nitrogen and oxygen atoms in total. The van der Waals surface area contributed by atoms with Crippen LogP contribution in [-0.4, -0.2) is 23.7 Å². The van der Waals surface area contributed by atoms with Crippen molar-refractivity contribution in [2.45, 2.75) is 58.9 Å². The molecule has 0 spiro atoms. The van der Waals surface area contributed by atoms with Crippen LogP contribution in [0.1, 0.15) is 62.3 Å². The average molecular weight is 434 g/mol. The number of hydrogen-bond donors (Lipinski definition) is 1. The van der Waals surface area contributed by atoms with Crippen LogP contribution in [0.2, 0.25) is 0 Å². The van der Waals surface area contributed by atoms with Gasteiger partial charge in [0.1, 0.15) is 0 Å². The minimum atomic E-state index is -0.0858. The van der Waals surface area contributed by atoms with E-state index in [1.165, 1.54) is 34.1 Å². The van der Waals surface area contributed by atoms with E-state index in [4.69, 9.17) is 0 Å². The van der Waals surface area contributed by atoms with E-state index in [1.807, 2.05) is 18.2 Å². The lowest BCUT2D eigenvalue weighted by molar-refractivity contribution is -0.115. The summed E-state index contributed by atoms with van der Waals surface area (Å²) in [5.74, 6) is 0.393. The molecule has 5 heteroatoms. The fourth-order valence-corrected chi connectivity index (χ4v) is 5.27. The molecule has 0 aliphatic carbocycles. The summed E-state index contributed by atoms with van der Waals surface area (Å²) in [4.78, 5) is 20.3. The number of nitrogens with zero attached hydrogens (tertiary/aromatic N) is 2. The highest BCUT2D eigenvalue weighted by Gasteiger charge is 2.34. The summed E-state index contributed by atoms with van der Waals surface area (Å²) in [6.07, 6.45) is 4.12. The third-order valence-electron chi connectivity index (χ3n) is 6.53. The molecule has 2 aromatic carbocycles. The molecule has 0 saturated carbocycles. The number of thioether (sulfide) groups is 1. The van der Waals surface area contributed by atoms with Crippen molar-refractivity contribution in [2.24, 2.45) is 4.99 Å². The molecule has 2 heterocycles. The minimum Gasteiger partial charge on any atom is -0.369 e. The number of rotatable bonds is 3. The number of anilines is 1. The second-order valence-electron chi connectivity index (χ2n) is 9.25. The van der Waals surface area contributed by atoms with Gasteiger partial charge in [-0.05, 0) is 104 Å². The van der Waals surface area contributed by atoms with Gasteiger partial charge >= 0.3 is 0 Å². The van der Waals surface area contributed by atoms with Gasteiger partial charge in [-0.3, -0.25) is 4.79 Å². The second-order valence-corrected chi connectivity index (χ2v) is 10.3. The van der Waals surface area contributed by atoms with E-state index in [1.54, 1.807) is 0 Å². The number of aryl methyl sites for hydroxylation is 2. The zero-order valence-electron chi connectivity index (χ0n) is 19.2. The molecule has 162 valence electrons. The van der Waals surface area contributed by atoms with Crippen molar-refractivity contribution >= 4 is 40.3 Å². The number of aliphatic imine (C=N–C) groups is 1. The van der Waals surface area contributed by atoms with Crippen molar-refractivity contribution in [2.75, 3.05) is 11.9 Å². The second kappa shape index (κ2) is 8.19. The molecular formula is C26H31N3OS. The summed E-state index contributed by atoms with van der Waals surface area (Å²) >= 11 is 1.41. The van der Waals surface area contributed by atoms with E-state index in [-0.39, 0.29) is 11.4 Å². The van der Waals surface area contributed by atoms with Gasteiger partial charge in [0, 0.05) is 18.3 Å². The number of carbonyl (C=O) groups excluding carboxylic acids is 1. The molecule has 2 aliphatic heterocycles. The van der Waals surface area contributed by atoms with E-state index in [2.05, 4.69) is 81.1 Å². The molecule has 0 bridgehead atoms. The van der Waals surface area contributed by atoms with E-state index >= 15 is 0 Å². The Labute approximate surface area is 189 Å². The number of nitrogens with one attached hydrogen (secondary N) is 1. The maximum absolute atomic E-state index is 12.6. The third kappa shape index (κ3) is 4.29. The summed E-state index contributed by atoms with van der Waals surface area (Å²) in [7, 11) is 2.18. The monoisotopic (exact) mass is 433 g/mol. The van der Waals surface area contributed by atoms with Gasteiger partial charge in [-0.25, -0.2) is 4.99 Å². The topological polar surface area (TPSA) is 44.7 Å². The largest absolute Gasteiger partial charge is 0.369 e. The predicted molar refractivity (Wildman–Crippen MR) is 133 cm³/mol. The van der Waals surface area contributed by atoms with E-state index in [9.17, 15) is 4.79 Å². The number of hydrogen-bond acceptors (Lipinski definition) is 4. The number of carbonyl (C=O) groups is 1. The van der Waals surface area contributed by atoms with E-state index in [0.717, 1.165) is 24.1 Å². The van der Waals surface area contributed by atoms with Gasteiger partial charge in [0.15, 0.2) is 5.17 Å². The predicted octanol–water partition coefficient (Wildman–Crippen LogP) is 6.17. The molecule has 4 rings (SSSR count). The Hall–Kier alpha value is -2.53. The molecule has 2 aromatic rings. The van der Waals surface area contributed by atoms with E-state index in [0.29, 0.717) is 16.0 Å². The van der Waals surface area contributed by atoms with Gasteiger partial charge in [0.05, 0.1) is 10.6 Å². The molecule has 0 radical (unpaired) electrons. The summed E-state index contributed by atoms with van der Waals surface area (Å²) in [5.41, 5.74) is 7.20. The highest BCUT2D eigenvalue weighted by Crippen LogP contribution is 2.44. The Morgan fingerprint density at radius 2 is 1.97 bits per heavy atom. The van der Waals surface area contributed by atoms with Crippen molar-refractivity contribution in [3.8, 4) is 0 Å². The van der Waals surface area contributed by atoms with Crippen LogP contribution in [0.25, 0.3) is 6.08 Å². The van der Waals surface area contributed by atoms with Crippen molar-refractivity contribution in [3.63, 3.8) is 0 Å². The maximum atomic E-state index is 12.6. The normalized spacial score (nSPS) is 22.7. The van der Waals surface area contributed by atoms with Crippen LogP contribution in [0.15, 0.2) is 46.3 Å². The SMILES string of the molecule is CCc1ccc(N=C2NC(=O)/C(=C/c3cc4c(cc3C)N(C)C(C)(C)CC4C)S2)cc1. The lowest BCUT2D eigenvalue weighted by Crippen LogP contribution is -2.45. The lowest BCUT2D eigenvalue weighted by atomic mass is 9.79. The maximum Gasteiger partial charge on any atom is 0.264 e. The zero-order chi connectivity index (χ0) is 22.3. The van der Waals surface area contributed by atoms with Crippen molar-refractivity contribution in [1.29, 1.82) is 0 Å². The molecule has 1 amide bonds. The van der Waals surface area contributed by atoms with Gasteiger partial charge in [-0.1, -0.05) is 26.0 Å². The van der Waals surface area contributed by atoms with Gasteiger partial charge in [-0.2, -0.15) is 0 Å². The van der Waals surface area contributed by atoms with Gasteiger partial charge in [0.25, 0.3) is 5.91 Å². The first kappa shape index (κ1) is 21.7. The van der Waals surface area contributed by atoms with Crippen LogP contribution in [0, 0.1) is 6.92 Å². The van der Waals surface area contributed by atoms with Crippen LogP contribution >= 0.6 is 11.8 Å². The number of benzene rings is 2. The molecule has 2 aliphatic rings. The van der Waals surface area contributed by atoms with Gasteiger partial charge in [-0.15, -0.1) is 0 Å². The molecule has 0 aromatic heterocycles. The summed E-state index contributed by atoms with van der Waals surface area (Å²) < 4.78 is 0. The van der Waals surface area contributed by atoms with Crippen LogP contribution in [0.4, 0.5) is 11.4 Å². The van der Waals surface area contributed by atoms with Gasteiger partial charge in [0.2, 0.25) is 0 Å². The third-order valence-corrected chi connectivity index (χ3v) is 7.44. The minimum absolute atomic E-state index is 0.0858. The van der Waals surface area contributed by atoms with Crippen LogP contribution in [-0.2, 0) is 11.2 Å². The fourth-order valence-electron chi connectivity index (χ4n) is 4.44. The Bertz CT molecular complexity index is 1080. The Morgan fingerprint density at radius 3 is 2.65 bits per heavy atom. The highest BCUT2D eigenvalue weighted by atomic mass is 32.2. The first-order chi connectivity index (χ1) is 14.7. The first-order valence-corrected chi connectivity index (χ1v) is 11.8. The highest BCUT2D eigenvalue weighted by molar-refractivity contribution is 8.18. The van der Waals surface area contributed by atoms with Gasteiger partial charge < -0.3 is 10.2 Å². The molecule has 1 N–H and O–H groups in total. The molecule has 1 unspecified atom stereocenters. The molecule has 1 fully saturated rings. The molecule has 1 atom stereocenters. The van der Waals surface area contributed by atoms with Crippen LogP contribution in [0.5, 0.6) is 0 Å². The molecule has 31 heavy (non-hydrogen) atoms.